The lowest BCUT2D eigenvalue weighted by Crippen LogP contribution is -2.14. The molecule has 130 valence electrons. The van der Waals surface area contributed by atoms with Crippen molar-refractivity contribution in [2.24, 2.45) is 0 Å². The first-order valence-electron chi connectivity index (χ1n) is 8.31. The molecule has 0 saturated carbocycles. The van der Waals surface area contributed by atoms with Crippen LogP contribution in [0.2, 0.25) is 0 Å². The van der Waals surface area contributed by atoms with Crippen molar-refractivity contribution in [3.63, 3.8) is 0 Å². The Bertz CT molecular complexity index is 1170. The van der Waals surface area contributed by atoms with Gasteiger partial charge in [-0.25, -0.2) is 9.97 Å². The fourth-order valence-corrected chi connectivity index (χ4v) is 3.43. The third-order valence-corrected chi connectivity index (χ3v) is 5.05. The zero-order valence-corrected chi connectivity index (χ0v) is 15.4. The van der Waals surface area contributed by atoms with Crippen molar-refractivity contribution in [1.29, 1.82) is 0 Å². The number of fused-ring (bicyclic) bond motifs is 2. The zero-order chi connectivity index (χ0) is 18.1. The Morgan fingerprint density at radius 1 is 1.04 bits per heavy atom. The maximum atomic E-state index is 12.2. The van der Waals surface area contributed by atoms with Crippen LogP contribution in [0.4, 0.5) is 5.82 Å². The van der Waals surface area contributed by atoms with Gasteiger partial charge in [-0.1, -0.05) is 18.2 Å². The molecule has 5 nitrogen and oxygen atoms in total. The van der Waals surface area contributed by atoms with Gasteiger partial charge in [0.15, 0.2) is 0 Å². The number of thioether (sulfide) groups is 1. The molecule has 0 fully saturated rings. The van der Waals surface area contributed by atoms with Crippen LogP contribution in [-0.4, -0.2) is 21.2 Å². The highest BCUT2D eigenvalue weighted by atomic mass is 32.2. The number of nitrogens with zero attached hydrogens (tertiary/aromatic N) is 2. The smallest absolute Gasteiger partial charge is 0.258 e. The van der Waals surface area contributed by atoms with Gasteiger partial charge in [-0.15, -0.1) is 11.8 Å². The molecule has 0 aliphatic carbocycles. The summed E-state index contributed by atoms with van der Waals surface area (Å²) in [7, 11) is 0. The third kappa shape index (κ3) is 3.15. The number of aryl methyl sites for hydroxylation is 1. The van der Waals surface area contributed by atoms with Gasteiger partial charge in [0.25, 0.3) is 5.56 Å². The summed E-state index contributed by atoms with van der Waals surface area (Å²) in [5, 5.41) is 5.01. The minimum Gasteiger partial charge on any atom is -0.363 e. The number of pyridine rings is 1. The second kappa shape index (κ2) is 6.80. The van der Waals surface area contributed by atoms with E-state index in [9.17, 15) is 4.79 Å². The third-order valence-electron chi connectivity index (χ3n) is 4.32. The Hall–Kier alpha value is -2.86. The minimum absolute atomic E-state index is 0.125. The Balaban J connectivity index is 1.64. The Morgan fingerprint density at radius 3 is 2.73 bits per heavy atom. The average Bonchev–Trinajstić information content (AvgIpc) is 2.66. The van der Waals surface area contributed by atoms with E-state index in [1.807, 2.05) is 24.3 Å². The summed E-state index contributed by atoms with van der Waals surface area (Å²) >= 11 is 1.70. The number of rotatable bonds is 4. The molecule has 0 bridgehead atoms. The molecule has 0 unspecified atom stereocenters. The van der Waals surface area contributed by atoms with Gasteiger partial charge in [-0.3, -0.25) is 4.79 Å². The van der Waals surface area contributed by atoms with E-state index in [1.165, 1.54) is 4.90 Å². The van der Waals surface area contributed by atoms with Gasteiger partial charge in [-0.05, 0) is 49.1 Å². The van der Waals surface area contributed by atoms with E-state index < -0.39 is 0 Å². The van der Waals surface area contributed by atoms with Gasteiger partial charge in [0.05, 0.1) is 23.0 Å². The van der Waals surface area contributed by atoms with Crippen molar-refractivity contribution >= 4 is 39.4 Å². The summed E-state index contributed by atoms with van der Waals surface area (Å²) in [6.45, 7) is 2.48. The highest BCUT2D eigenvalue weighted by Gasteiger charge is 2.06. The van der Waals surface area contributed by atoms with E-state index >= 15 is 0 Å². The van der Waals surface area contributed by atoms with E-state index in [0.29, 0.717) is 23.3 Å². The molecule has 4 rings (SSSR count). The number of nitrogens with one attached hydrogen (secondary N) is 2. The fraction of sp³-hybridized carbons (Fsp3) is 0.150. The van der Waals surface area contributed by atoms with Gasteiger partial charge < -0.3 is 10.3 Å². The summed E-state index contributed by atoms with van der Waals surface area (Å²) in [6.07, 6.45) is 2.05. The fourth-order valence-electron chi connectivity index (χ4n) is 2.99. The number of aromatic nitrogens is 3. The number of aromatic amines is 1. The molecule has 2 aromatic carbocycles. The van der Waals surface area contributed by atoms with E-state index in [0.717, 1.165) is 22.3 Å². The second-order valence-electron chi connectivity index (χ2n) is 6.09. The van der Waals surface area contributed by atoms with Gasteiger partial charge in [0, 0.05) is 10.3 Å². The van der Waals surface area contributed by atoms with Crippen LogP contribution in [0.1, 0.15) is 11.4 Å². The van der Waals surface area contributed by atoms with Crippen LogP contribution in [0.5, 0.6) is 0 Å². The van der Waals surface area contributed by atoms with Gasteiger partial charge in [0.1, 0.15) is 11.6 Å². The SMILES string of the molecule is CSc1ccc2c(C)cc(NCc3nc4ccccc4c(=O)[nH]3)nc2c1. The Kier molecular flexibility index (Phi) is 4.34. The Morgan fingerprint density at radius 2 is 1.88 bits per heavy atom. The maximum Gasteiger partial charge on any atom is 0.258 e. The van der Waals surface area contributed by atoms with E-state index in [1.54, 1.807) is 17.8 Å². The van der Waals surface area contributed by atoms with Crippen LogP contribution in [0.3, 0.4) is 0 Å². The van der Waals surface area contributed by atoms with Crippen LogP contribution >= 0.6 is 11.8 Å². The van der Waals surface area contributed by atoms with Crippen LogP contribution in [-0.2, 0) is 6.54 Å². The van der Waals surface area contributed by atoms with E-state index in [-0.39, 0.29) is 5.56 Å². The number of H-pyrrole nitrogens is 1. The summed E-state index contributed by atoms with van der Waals surface area (Å²) in [5.41, 5.74) is 2.68. The summed E-state index contributed by atoms with van der Waals surface area (Å²) in [5.74, 6) is 1.36. The molecule has 0 radical (unpaired) electrons. The van der Waals surface area contributed by atoms with Crippen LogP contribution in [0.15, 0.2) is 58.2 Å². The monoisotopic (exact) mass is 362 g/mol. The molecule has 0 aliphatic rings. The quantitative estimate of drug-likeness (QED) is 0.535. The van der Waals surface area contributed by atoms with Crippen molar-refractivity contribution in [2.75, 3.05) is 11.6 Å². The average molecular weight is 362 g/mol. The van der Waals surface area contributed by atoms with Crippen molar-refractivity contribution in [3.8, 4) is 0 Å². The topological polar surface area (TPSA) is 70.7 Å². The molecule has 2 aromatic heterocycles. The lowest BCUT2D eigenvalue weighted by molar-refractivity contribution is 0.947. The molecule has 0 atom stereocenters. The van der Waals surface area contributed by atoms with Crippen molar-refractivity contribution in [2.45, 2.75) is 18.4 Å². The lowest BCUT2D eigenvalue weighted by atomic mass is 10.1. The number of hydrogen-bond acceptors (Lipinski definition) is 5. The first kappa shape index (κ1) is 16.6. The van der Waals surface area contributed by atoms with Crippen LogP contribution in [0.25, 0.3) is 21.8 Å². The number of anilines is 1. The Labute approximate surface area is 154 Å². The molecule has 0 aliphatic heterocycles. The standard InChI is InChI=1S/C20H18N4OS/c1-12-9-18(23-17-10-13(26-2)7-8-14(12)17)21-11-19-22-16-6-4-3-5-15(16)20(25)24-19/h3-10H,11H2,1-2H3,(H,21,23)(H,22,24,25). The summed E-state index contributed by atoms with van der Waals surface area (Å²) < 4.78 is 0. The zero-order valence-electron chi connectivity index (χ0n) is 14.5. The predicted molar refractivity (Wildman–Crippen MR) is 108 cm³/mol. The van der Waals surface area contributed by atoms with Crippen molar-refractivity contribution in [3.05, 3.63) is 70.3 Å². The molecule has 26 heavy (non-hydrogen) atoms. The molecule has 4 aromatic rings. The molecule has 0 saturated heterocycles. The molecule has 0 amide bonds. The highest BCUT2D eigenvalue weighted by molar-refractivity contribution is 7.98. The molecule has 2 heterocycles. The molecular weight excluding hydrogens is 344 g/mol. The lowest BCUT2D eigenvalue weighted by Gasteiger charge is -2.10. The normalized spacial score (nSPS) is 11.2. The predicted octanol–water partition coefficient (Wildman–Crippen LogP) is 4.11. The second-order valence-corrected chi connectivity index (χ2v) is 6.97. The summed E-state index contributed by atoms with van der Waals surface area (Å²) in [6, 6.07) is 15.7. The molecule has 0 spiro atoms. The largest absolute Gasteiger partial charge is 0.363 e. The number of benzene rings is 2. The van der Waals surface area contributed by atoms with Crippen LogP contribution < -0.4 is 10.9 Å². The maximum absolute atomic E-state index is 12.2. The van der Waals surface area contributed by atoms with Gasteiger partial charge in [0.2, 0.25) is 0 Å². The van der Waals surface area contributed by atoms with E-state index in [2.05, 4.69) is 46.7 Å². The first-order chi connectivity index (χ1) is 12.6. The van der Waals surface area contributed by atoms with Gasteiger partial charge in [-0.2, -0.15) is 0 Å². The minimum atomic E-state index is -0.125. The van der Waals surface area contributed by atoms with Crippen molar-refractivity contribution < 1.29 is 0 Å². The van der Waals surface area contributed by atoms with Gasteiger partial charge >= 0.3 is 0 Å². The van der Waals surface area contributed by atoms with E-state index in [4.69, 9.17) is 4.98 Å². The van der Waals surface area contributed by atoms with Crippen molar-refractivity contribution in [1.82, 2.24) is 15.0 Å². The number of para-hydroxylation sites is 1. The van der Waals surface area contributed by atoms with Crippen LogP contribution in [0, 0.1) is 6.92 Å². The molecule has 2 N–H and O–H groups in total. The molecule has 6 heteroatoms. The molecular formula is C20H18N4OS. The highest BCUT2D eigenvalue weighted by Crippen LogP contribution is 2.25. The first-order valence-corrected chi connectivity index (χ1v) is 9.54. The summed E-state index contributed by atoms with van der Waals surface area (Å²) in [4.78, 5) is 25.4. The number of hydrogen-bond donors (Lipinski definition) is 2.